The number of benzene rings is 2. The highest BCUT2D eigenvalue weighted by Gasteiger charge is 2.34. The molecule has 5 rings (SSSR count). The monoisotopic (exact) mass is 538 g/mol. The van der Waals surface area contributed by atoms with E-state index in [1.807, 2.05) is 83.4 Å². The maximum Gasteiger partial charge on any atom is 0.186 e. The highest BCUT2D eigenvalue weighted by atomic mass is 31.2. The number of rotatable bonds is 9. The van der Waals surface area contributed by atoms with Crippen LogP contribution < -0.4 is 16.0 Å². The van der Waals surface area contributed by atoms with Crippen molar-refractivity contribution in [2.24, 2.45) is 0 Å². The second-order valence-electron chi connectivity index (χ2n) is 10.1. The molecule has 6 nitrogen and oxygen atoms in total. The average molecular weight is 539 g/mol. The van der Waals surface area contributed by atoms with Crippen LogP contribution in [0.25, 0.3) is 22.3 Å². The molecule has 3 heterocycles. The van der Waals surface area contributed by atoms with E-state index in [1.165, 1.54) is 0 Å². The first kappa shape index (κ1) is 26.2. The first-order chi connectivity index (χ1) is 18.4. The Morgan fingerprint density at radius 1 is 0.895 bits per heavy atom. The van der Waals surface area contributed by atoms with Crippen LogP contribution in [0.2, 0.25) is 11.1 Å². The molecular weight excluding hydrogens is 507 g/mol. The maximum absolute atomic E-state index is 15.3. The molecule has 0 fully saturated rings. The summed E-state index contributed by atoms with van der Waals surface area (Å²) in [4.78, 5) is 13.4. The molecule has 2 radical (unpaired) electrons. The second kappa shape index (κ2) is 11.2. The fraction of sp³-hybridized carbons (Fsp3) is 0.233. The zero-order valence-corrected chi connectivity index (χ0v) is 23.8. The van der Waals surface area contributed by atoms with Gasteiger partial charge in [0.25, 0.3) is 0 Å². The van der Waals surface area contributed by atoms with Crippen LogP contribution in [0.3, 0.4) is 0 Å². The standard InChI is InChI=1S/C30H31N4O2PSi/c1-30(2,3)38-19-18-36-22-34-27(20-26-28(32-21-33-29(26)34)23-14-16-31-17-15-23)37(35,24-10-6-4-7-11-24)25-12-8-5-9-13-25/h4-17,20-21H,18-19,22H2,1-3H3. The summed E-state index contributed by atoms with van der Waals surface area (Å²) < 4.78 is 23.5. The van der Waals surface area contributed by atoms with E-state index in [9.17, 15) is 0 Å². The molecule has 0 bridgehead atoms. The minimum Gasteiger partial charge on any atom is -0.361 e. The van der Waals surface area contributed by atoms with E-state index in [0.29, 0.717) is 17.7 Å². The number of fused-ring (bicyclic) bond motifs is 1. The van der Waals surface area contributed by atoms with Crippen molar-refractivity contribution in [2.45, 2.75) is 38.6 Å². The summed E-state index contributed by atoms with van der Waals surface area (Å²) in [5, 5.41) is 2.64. The number of nitrogens with zero attached hydrogens (tertiary/aromatic N) is 4. The van der Waals surface area contributed by atoms with Gasteiger partial charge in [0, 0.05) is 50.1 Å². The molecule has 0 spiro atoms. The quantitative estimate of drug-likeness (QED) is 0.142. The van der Waals surface area contributed by atoms with Gasteiger partial charge >= 0.3 is 0 Å². The van der Waals surface area contributed by atoms with Gasteiger partial charge in [-0.1, -0.05) is 81.4 Å². The smallest absolute Gasteiger partial charge is 0.186 e. The van der Waals surface area contributed by atoms with Gasteiger partial charge in [0.05, 0.1) is 11.1 Å². The molecule has 0 saturated carbocycles. The second-order valence-corrected chi connectivity index (χ2v) is 15.2. The number of ether oxygens (including phenoxy) is 1. The van der Waals surface area contributed by atoms with E-state index in [1.54, 1.807) is 18.7 Å². The minimum absolute atomic E-state index is 0.254. The van der Waals surface area contributed by atoms with E-state index in [-0.39, 0.29) is 11.8 Å². The Hall–Kier alpha value is -3.38. The Bertz CT molecular complexity index is 1510. The Kier molecular flexibility index (Phi) is 7.70. The van der Waals surface area contributed by atoms with Gasteiger partial charge in [-0.2, -0.15) is 0 Å². The van der Waals surface area contributed by atoms with Gasteiger partial charge in [-0.05, 0) is 29.3 Å². The van der Waals surface area contributed by atoms with Crippen LogP contribution in [0, 0.1) is 0 Å². The van der Waals surface area contributed by atoms with Crippen LogP contribution in [0.1, 0.15) is 20.8 Å². The summed E-state index contributed by atoms with van der Waals surface area (Å²) >= 11 is 0. The summed E-state index contributed by atoms with van der Waals surface area (Å²) in [6, 6.07) is 26.2. The van der Waals surface area contributed by atoms with Crippen molar-refractivity contribution in [1.29, 1.82) is 0 Å². The Morgan fingerprint density at radius 3 is 2.13 bits per heavy atom. The molecule has 2 aromatic carbocycles. The molecule has 3 aromatic heterocycles. The molecule has 0 unspecified atom stereocenters. The molecule has 0 N–H and O–H groups in total. The van der Waals surface area contributed by atoms with Crippen LogP contribution in [0.15, 0.2) is 97.6 Å². The zero-order chi connectivity index (χ0) is 26.6. The molecule has 0 atom stereocenters. The Morgan fingerprint density at radius 2 is 1.53 bits per heavy atom. The van der Waals surface area contributed by atoms with E-state index in [0.717, 1.165) is 42.8 Å². The fourth-order valence-corrected chi connectivity index (χ4v) is 8.33. The third-order valence-electron chi connectivity index (χ3n) is 6.31. The topological polar surface area (TPSA) is 69.9 Å². The lowest BCUT2D eigenvalue weighted by Crippen LogP contribution is -2.30. The molecule has 38 heavy (non-hydrogen) atoms. The van der Waals surface area contributed by atoms with Crippen molar-refractivity contribution < 1.29 is 9.30 Å². The van der Waals surface area contributed by atoms with Gasteiger partial charge in [-0.15, -0.1) is 0 Å². The summed E-state index contributed by atoms with van der Waals surface area (Å²) in [7, 11) is -2.48. The number of hydrogen-bond donors (Lipinski definition) is 0. The van der Waals surface area contributed by atoms with Crippen molar-refractivity contribution in [1.82, 2.24) is 19.5 Å². The molecule has 5 aromatic rings. The molecule has 0 aliphatic heterocycles. The van der Waals surface area contributed by atoms with Gasteiger partial charge in [-0.3, -0.25) is 9.55 Å². The number of aromatic nitrogens is 4. The average Bonchev–Trinajstić information content (AvgIpc) is 3.32. The van der Waals surface area contributed by atoms with Gasteiger partial charge in [0.1, 0.15) is 18.7 Å². The number of hydrogen-bond acceptors (Lipinski definition) is 5. The van der Waals surface area contributed by atoms with Crippen LogP contribution >= 0.6 is 7.14 Å². The van der Waals surface area contributed by atoms with E-state index >= 15 is 4.57 Å². The lowest BCUT2D eigenvalue weighted by atomic mass is 10.1. The fourth-order valence-electron chi connectivity index (χ4n) is 4.52. The third kappa shape index (κ3) is 5.41. The largest absolute Gasteiger partial charge is 0.361 e. The first-order valence-electron chi connectivity index (χ1n) is 12.7. The maximum atomic E-state index is 15.3. The van der Waals surface area contributed by atoms with Crippen LogP contribution in [-0.4, -0.2) is 35.6 Å². The van der Waals surface area contributed by atoms with Gasteiger partial charge in [0.15, 0.2) is 7.14 Å². The van der Waals surface area contributed by atoms with Crippen LogP contribution in [-0.2, 0) is 16.0 Å². The summed E-state index contributed by atoms with van der Waals surface area (Å²) in [6.07, 6.45) is 5.06. The Balaban J connectivity index is 1.68. The van der Waals surface area contributed by atoms with Crippen LogP contribution in [0.5, 0.6) is 0 Å². The van der Waals surface area contributed by atoms with E-state index in [2.05, 4.69) is 35.7 Å². The minimum atomic E-state index is -3.28. The first-order valence-corrected chi connectivity index (χ1v) is 15.6. The highest BCUT2D eigenvalue weighted by Crippen LogP contribution is 2.44. The zero-order valence-electron chi connectivity index (χ0n) is 21.9. The predicted octanol–water partition coefficient (Wildman–Crippen LogP) is 5.45. The molecule has 192 valence electrons. The molecule has 0 aliphatic rings. The van der Waals surface area contributed by atoms with Crippen molar-refractivity contribution >= 4 is 43.7 Å². The SMILES string of the molecule is CC(C)(C)[Si]CCOCn1c(P(=O)(c2ccccc2)c2ccccc2)cc2c(-c3ccncc3)ncnc21. The van der Waals surface area contributed by atoms with Crippen molar-refractivity contribution in [2.75, 3.05) is 6.61 Å². The highest BCUT2D eigenvalue weighted by molar-refractivity contribution is 7.85. The predicted molar refractivity (Wildman–Crippen MR) is 156 cm³/mol. The van der Waals surface area contributed by atoms with Crippen molar-refractivity contribution in [3.63, 3.8) is 0 Å². The summed E-state index contributed by atoms with van der Waals surface area (Å²) in [6.45, 7) is 7.62. The molecule has 0 amide bonds. The Labute approximate surface area is 226 Å². The normalized spacial score (nSPS) is 12.2. The lowest BCUT2D eigenvalue weighted by Gasteiger charge is -2.22. The van der Waals surface area contributed by atoms with Gasteiger partial charge in [-0.25, -0.2) is 9.97 Å². The van der Waals surface area contributed by atoms with Gasteiger partial charge < -0.3 is 9.30 Å². The molecule has 0 saturated heterocycles. The van der Waals surface area contributed by atoms with Crippen LogP contribution in [0.4, 0.5) is 0 Å². The molecular formula is C30H31N4O2PSi. The number of pyridine rings is 1. The van der Waals surface area contributed by atoms with Gasteiger partial charge in [0.2, 0.25) is 0 Å². The van der Waals surface area contributed by atoms with E-state index in [4.69, 9.17) is 4.74 Å². The van der Waals surface area contributed by atoms with Crippen molar-refractivity contribution in [3.05, 3.63) is 97.6 Å². The molecule has 8 heteroatoms. The van der Waals surface area contributed by atoms with Crippen molar-refractivity contribution in [3.8, 4) is 11.3 Å². The lowest BCUT2D eigenvalue weighted by molar-refractivity contribution is 0.0921. The van der Waals surface area contributed by atoms with E-state index < -0.39 is 7.14 Å². The summed E-state index contributed by atoms with van der Waals surface area (Å²) in [5.41, 5.74) is 3.09. The third-order valence-corrected chi connectivity index (χ3v) is 10.9. The molecule has 0 aliphatic carbocycles. The summed E-state index contributed by atoms with van der Waals surface area (Å²) in [5.74, 6) is 0.